The molecular weight excluding hydrogens is 327 g/mol. The number of rotatable bonds is 5. The number of halogens is 1. The lowest BCUT2D eigenvalue weighted by atomic mass is 10.0. The third-order valence-corrected chi connectivity index (χ3v) is 3.96. The fraction of sp³-hybridized carbons (Fsp3) is 0.235. The normalized spacial score (nSPS) is 11.3. The van der Waals surface area contributed by atoms with Gasteiger partial charge in [-0.25, -0.2) is 4.98 Å². The van der Waals surface area contributed by atoms with Crippen molar-refractivity contribution < 1.29 is 9.50 Å². The number of aliphatic hydroxyl groups is 1. The summed E-state index contributed by atoms with van der Waals surface area (Å²) in [6, 6.07) is 11.9. The van der Waals surface area contributed by atoms with Crippen molar-refractivity contribution in [2.75, 3.05) is 12.5 Å². The summed E-state index contributed by atoms with van der Waals surface area (Å²) in [7, 11) is 0.500. The number of anilines is 1. The zero-order chi connectivity index (χ0) is 17.4. The van der Waals surface area contributed by atoms with E-state index in [1.165, 1.54) is 17.9 Å². The van der Waals surface area contributed by atoms with Crippen molar-refractivity contribution in [2.24, 2.45) is 0 Å². The average Bonchev–Trinajstić information content (AvgIpc) is 3.16. The summed E-state index contributed by atoms with van der Waals surface area (Å²) < 4.78 is 13.4. The summed E-state index contributed by atoms with van der Waals surface area (Å²) in [4.78, 5) is 8.52. The molecule has 3 aromatic rings. The first-order valence-corrected chi connectivity index (χ1v) is 8.11. The van der Waals surface area contributed by atoms with E-state index < -0.39 is 6.10 Å². The topological polar surface area (TPSA) is 70.9 Å². The van der Waals surface area contributed by atoms with Crippen LogP contribution in [0.15, 0.2) is 48.9 Å². The van der Waals surface area contributed by atoms with Crippen LogP contribution in [0, 0.1) is 0 Å². The van der Waals surface area contributed by atoms with Crippen molar-refractivity contribution in [2.45, 2.75) is 19.6 Å². The molecule has 7 heteroatoms. The van der Waals surface area contributed by atoms with Crippen LogP contribution >= 0.6 is 11.5 Å². The summed E-state index contributed by atoms with van der Waals surface area (Å²) in [6.07, 6.45) is 2.94. The molecule has 1 unspecified atom stereocenters. The van der Waals surface area contributed by atoms with Crippen LogP contribution in [0.25, 0.3) is 11.1 Å². The molecule has 0 saturated heterocycles. The highest BCUT2D eigenvalue weighted by Crippen LogP contribution is 2.21. The minimum absolute atomic E-state index is 0.444. The molecule has 1 atom stereocenters. The van der Waals surface area contributed by atoms with Gasteiger partial charge in [0.25, 0.3) is 0 Å². The second-order valence-electron chi connectivity index (χ2n) is 4.94. The van der Waals surface area contributed by atoms with Crippen LogP contribution in [0.5, 0.6) is 0 Å². The van der Waals surface area contributed by atoms with Crippen LogP contribution in [-0.2, 0) is 6.54 Å². The van der Waals surface area contributed by atoms with E-state index in [1.807, 2.05) is 42.6 Å². The van der Waals surface area contributed by atoms with Gasteiger partial charge in [0, 0.05) is 23.3 Å². The summed E-state index contributed by atoms with van der Waals surface area (Å²) in [6.45, 7) is 2.38. The zero-order valence-corrected chi connectivity index (χ0v) is 14.3. The van der Waals surface area contributed by atoms with Gasteiger partial charge in [-0.2, -0.15) is 4.37 Å². The predicted molar refractivity (Wildman–Crippen MR) is 94.6 cm³/mol. The Hall–Kier alpha value is -2.38. The molecular formula is C17H19FN4OS. The van der Waals surface area contributed by atoms with Gasteiger partial charge in [-0.05, 0) is 24.1 Å². The Kier molecular flexibility index (Phi) is 6.77. The molecule has 0 amide bonds. The Balaban J connectivity index is 0.00000100. The summed E-state index contributed by atoms with van der Waals surface area (Å²) >= 11 is 1.33. The highest BCUT2D eigenvalue weighted by molar-refractivity contribution is 7.09. The van der Waals surface area contributed by atoms with Crippen LogP contribution in [0.2, 0.25) is 0 Å². The first-order valence-electron chi connectivity index (χ1n) is 7.34. The minimum atomic E-state index is -0.444. The lowest BCUT2D eigenvalue weighted by molar-refractivity contribution is 0.199. The number of aliphatic hydroxyl groups excluding tert-OH is 1. The largest absolute Gasteiger partial charge is 0.389 e. The molecule has 5 nitrogen and oxygen atoms in total. The third kappa shape index (κ3) is 4.81. The molecule has 0 bridgehead atoms. The lowest BCUT2D eigenvalue weighted by Gasteiger charge is -2.07. The number of aromatic nitrogens is 3. The van der Waals surface area contributed by atoms with E-state index in [2.05, 4.69) is 19.7 Å². The molecule has 1 aromatic carbocycles. The van der Waals surface area contributed by atoms with E-state index in [0.717, 1.165) is 27.5 Å². The van der Waals surface area contributed by atoms with Gasteiger partial charge >= 0.3 is 0 Å². The quantitative estimate of drug-likeness (QED) is 0.734. The maximum absolute atomic E-state index is 9.53. The van der Waals surface area contributed by atoms with E-state index in [0.29, 0.717) is 13.7 Å². The lowest BCUT2D eigenvalue weighted by Crippen LogP contribution is -2.00. The molecule has 2 heterocycles. The molecule has 0 saturated carbocycles. The van der Waals surface area contributed by atoms with Gasteiger partial charge in [0.2, 0.25) is 5.13 Å². The van der Waals surface area contributed by atoms with Crippen LogP contribution < -0.4 is 5.32 Å². The molecule has 0 fully saturated rings. The molecule has 0 radical (unpaired) electrons. The number of hydrogen-bond donors (Lipinski definition) is 2. The average molecular weight is 346 g/mol. The van der Waals surface area contributed by atoms with Crippen molar-refractivity contribution in [3.8, 4) is 11.1 Å². The maximum atomic E-state index is 9.53. The number of nitrogens with one attached hydrogen (secondary N) is 1. The number of pyridine rings is 1. The van der Waals surface area contributed by atoms with Gasteiger partial charge in [0.1, 0.15) is 6.33 Å². The van der Waals surface area contributed by atoms with Crippen LogP contribution in [0.1, 0.15) is 24.3 Å². The molecule has 0 aliphatic carbocycles. The van der Waals surface area contributed by atoms with Crippen LogP contribution in [0.3, 0.4) is 0 Å². The molecule has 0 aliphatic heterocycles. The third-order valence-electron chi connectivity index (χ3n) is 3.33. The number of benzene rings is 1. The van der Waals surface area contributed by atoms with E-state index in [-0.39, 0.29) is 0 Å². The number of hydrogen-bond acceptors (Lipinski definition) is 6. The summed E-state index contributed by atoms with van der Waals surface area (Å²) in [5.41, 5.74) is 3.99. The van der Waals surface area contributed by atoms with Gasteiger partial charge in [-0.1, -0.05) is 30.3 Å². The summed E-state index contributed by atoms with van der Waals surface area (Å²) in [5.74, 6) is 0. The Morgan fingerprint density at radius 1 is 1.08 bits per heavy atom. The fourth-order valence-electron chi connectivity index (χ4n) is 2.07. The first kappa shape index (κ1) is 18.0. The predicted octanol–water partition coefficient (Wildman–Crippen LogP) is 3.85. The highest BCUT2D eigenvalue weighted by atomic mass is 32.1. The Bertz CT molecular complexity index is 715. The van der Waals surface area contributed by atoms with Gasteiger partial charge < -0.3 is 10.4 Å². The molecule has 2 aromatic heterocycles. The Morgan fingerprint density at radius 2 is 1.79 bits per heavy atom. The van der Waals surface area contributed by atoms with E-state index in [1.54, 1.807) is 6.92 Å². The summed E-state index contributed by atoms with van der Waals surface area (Å²) in [5, 5.41) is 13.5. The zero-order valence-electron chi connectivity index (χ0n) is 13.5. The Labute approximate surface area is 144 Å². The fourth-order valence-corrected chi connectivity index (χ4v) is 2.50. The molecule has 0 spiro atoms. The molecule has 126 valence electrons. The first-order chi connectivity index (χ1) is 11.7. The Morgan fingerprint density at radius 3 is 2.33 bits per heavy atom. The van der Waals surface area contributed by atoms with Crippen molar-refractivity contribution in [3.63, 3.8) is 0 Å². The number of alkyl halides is 1. The maximum Gasteiger partial charge on any atom is 0.202 e. The second kappa shape index (κ2) is 9.05. The second-order valence-corrected chi connectivity index (χ2v) is 5.72. The molecule has 3 rings (SSSR count). The van der Waals surface area contributed by atoms with Crippen LogP contribution in [-0.4, -0.2) is 26.6 Å². The van der Waals surface area contributed by atoms with E-state index in [9.17, 15) is 9.50 Å². The van der Waals surface area contributed by atoms with Gasteiger partial charge in [0.05, 0.1) is 25.5 Å². The molecule has 0 aliphatic rings. The highest BCUT2D eigenvalue weighted by Gasteiger charge is 2.03. The standard InChI is InChI=1S/C16H16N4OS.CH3F/c1-11(21)12-2-4-13(5-3-12)14-6-7-15(17-8-14)9-18-16-19-10-20-22-16;1-2/h2-8,10-11,21H,9H2,1H3,(H,18,19,20);1H3. The van der Waals surface area contributed by atoms with Crippen molar-refractivity contribution in [3.05, 3.63) is 60.2 Å². The SMILES string of the molecule is CC(O)c1ccc(-c2ccc(CNc3ncns3)nc2)cc1.CF. The van der Waals surface area contributed by atoms with Gasteiger partial charge in [-0.15, -0.1) is 0 Å². The van der Waals surface area contributed by atoms with Gasteiger partial charge in [0.15, 0.2) is 0 Å². The smallest absolute Gasteiger partial charge is 0.202 e. The van der Waals surface area contributed by atoms with E-state index in [4.69, 9.17) is 0 Å². The van der Waals surface area contributed by atoms with Crippen molar-refractivity contribution in [1.29, 1.82) is 0 Å². The number of nitrogens with zero attached hydrogens (tertiary/aromatic N) is 3. The minimum Gasteiger partial charge on any atom is -0.389 e. The van der Waals surface area contributed by atoms with Crippen molar-refractivity contribution >= 4 is 16.7 Å². The molecule has 24 heavy (non-hydrogen) atoms. The van der Waals surface area contributed by atoms with Gasteiger partial charge in [-0.3, -0.25) is 9.37 Å². The molecule has 2 N–H and O–H groups in total. The van der Waals surface area contributed by atoms with Crippen LogP contribution in [0.4, 0.5) is 9.52 Å². The van der Waals surface area contributed by atoms with E-state index >= 15 is 0 Å². The van der Waals surface area contributed by atoms with Crippen molar-refractivity contribution in [1.82, 2.24) is 14.3 Å². The monoisotopic (exact) mass is 346 g/mol.